The molecule has 0 unspecified atom stereocenters. The van der Waals surface area contributed by atoms with Crippen molar-refractivity contribution in [2.45, 2.75) is 6.54 Å². The third kappa shape index (κ3) is 3.81. The average molecular weight is 422 g/mol. The first-order valence-electron chi connectivity index (χ1n) is 9.00. The Kier molecular flexibility index (Phi) is 5.10. The molecule has 2 aromatic carbocycles. The lowest BCUT2D eigenvalue weighted by molar-refractivity contribution is -0.385. The number of para-hydroxylation sites is 2. The second kappa shape index (κ2) is 8.02. The third-order valence-electron chi connectivity index (χ3n) is 4.49. The van der Waals surface area contributed by atoms with Gasteiger partial charge in [0.2, 0.25) is 0 Å². The van der Waals surface area contributed by atoms with Crippen LogP contribution in [0.15, 0.2) is 65.8 Å². The Morgan fingerprint density at radius 3 is 2.61 bits per heavy atom. The van der Waals surface area contributed by atoms with Crippen LogP contribution in [0.2, 0.25) is 0 Å². The molecule has 4 aromatic rings. The van der Waals surface area contributed by atoms with E-state index in [4.69, 9.17) is 4.74 Å². The van der Waals surface area contributed by atoms with Crippen LogP contribution in [0.5, 0.6) is 5.75 Å². The van der Waals surface area contributed by atoms with Crippen molar-refractivity contribution in [3.63, 3.8) is 0 Å². The maximum atomic E-state index is 12.8. The summed E-state index contributed by atoms with van der Waals surface area (Å²) >= 11 is 0. The zero-order valence-electron chi connectivity index (χ0n) is 15.8. The van der Waals surface area contributed by atoms with E-state index in [2.05, 4.69) is 10.1 Å². The van der Waals surface area contributed by atoms with Gasteiger partial charge in [0.1, 0.15) is 29.8 Å². The van der Waals surface area contributed by atoms with Crippen LogP contribution < -0.4 is 10.3 Å². The topological polar surface area (TPSA) is 148 Å². The Morgan fingerprint density at radius 2 is 1.84 bits per heavy atom. The molecular formula is C19H14N6O6. The molecule has 31 heavy (non-hydrogen) atoms. The number of fused-ring (bicyclic) bond motifs is 1. The lowest BCUT2D eigenvalue weighted by Gasteiger charge is -2.08. The van der Waals surface area contributed by atoms with E-state index in [1.807, 2.05) is 0 Å². The van der Waals surface area contributed by atoms with Crippen molar-refractivity contribution in [1.82, 2.24) is 19.3 Å². The molecule has 12 nitrogen and oxygen atoms in total. The first-order chi connectivity index (χ1) is 15.0. The molecule has 0 aliphatic carbocycles. The highest BCUT2D eigenvalue weighted by Gasteiger charge is 2.19. The molecule has 156 valence electrons. The van der Waals surface area contributed by atoms with Gasteiger partial charge in [-0.1, -0.05) is 18.2 Å². The van der Waals surface area contributed by atoms with E-state index in [1.165, 1.54) is 58.2 Å². The molecule has 0 aliphatic rings. The summed E-state index contributed by atoms with van der Waals surface area (Å²) in [5.41, 5.74) is -0.266. The van der Waals surface area contributed by atoms with E-state index in [0.717, 1.165) is 0 Å². The fraction of sp³-hybridized carbons (Fsp3) is 0.105. The molecule has 0 aliphatic heterocycles. The summed E-state index contributed by atoms with van der Waals surface area (Å²) in [7, 11) is 0. The Balaban J connectivity index is 1.58. The molecule has 2 heterocycles. The zero-order valence-corrected chi connectivity index (χ0v) is 15.8. The number of benzene rings is 2. The number of rotatable bonds is 7. The van der Waals surface area contributed by atoms with Crippen LogP contribution in [0.4, 0.5) is 11.4 Å². The maximum Gasteiger partial charge on any atom is 0.294 e. The van der Waals surface area contributed by atoms with Crippen molar-refractivity contribution in [3.8, 4) is 11.4 Å². The van der Waals surface area contributed by atoms with Crippen LogP contribution in [0.3, 0.4) is 0 Å². The maximum absolute atomic E-state index is 12.8. The molecule has 0 radical (unpaired) electrons. The molecular weight excluding hydrogens is 408 g/mol. The second-order valence-electron chi connectivity index (χ2n) is 6.39. The van der Waals surface area contributed by atoms with Gasteiger partial charge in [0, 0.05) is 12.1 Å². The van der Waals surface area contributed by atoms with Crippen molar-refractivity contribution in [3.05, 3.63) is 91.6 Å². The highest BCUT2D eigenvalue weighted by molar-refractivity contribution is 5.76. The summed E-state index contributed by atoms with van der Waals surface area (Å²) in [6.45, 7) is 0.216. The minimum absolute atomic E-state index is 0.0759. The van der Waals surface area contributed by atoms with Gasteiger partial charge in [0.25, 0.3) is 16.9 Å². The van der Waals surface area contributed by atoms with Crippen LogP contribution in [0.25, 0.3) is 16.7 Å². The van der Waals surface area contributed by atoms with Gasteiger partial charge in [-0.15, -0.1) is 0 Å². The number of nitro benzene ring substituents is 2. The predicted octanol–water partition coefficient (Wildman–Crippen LogP) is 2.48. The first kappa shape index (κ1) is 19.7. The smallest absolute Gasteiger partial charge is 0.294 e. The summed E-state index contributed by atoms with van der Waals surface area (Å²) in [5.74, 6) is 0.306. The molecule has 12 heteroatoms. The van der Waals surface area contributed by atoms with Gasteiger partial charge < -0.3 is 4.74 Å². The lowest BCUT2D eigenvalue weighted by Crippen LogP contribution is -2.23. The fourth-order valence-corrected chi connectivity index (χ4v) is 3.03. The third-order valence-corrected chi connectivity index (χ3v) is 4.49. The molecule has 0 fully saturated rings. The van der Waals surface area contributed by atoms with Crippen LogP contribution >= 0.6 is 0 Å². The average Bonchev–Trinajstić information content (AvgIpc) is 3.20. The Hall–Kier alpha value is -4.61. The largest absolute Gasteiger partial charge is 0.491 e. The van der Waals surface area contributed by atoms with Gasteiger partial charge in [-0.3, -0.25) is 29.6 Å². The minimum atomic E-state index is -0.532. The van der Waals surface area contributed by atoms with E-state index < -0.39 is 15.4 Å². The summed E-state index contributed by atoms with van der Waals surface area (Å²) < 4.78 is 8.06. The Labute approximate surface area is 173 Å². The number of aromatic nitrogens is 4. The minimum Gasteiger partial charge on any atom is -0.491 e. The molecule has 0 spiro atoms. The van der Waals surface area contributed by atoms with Gasteiger partial charge in [-0.05, 0) is 12.1 Å². The summed E-state index contributed by atoms with van der Waals surface area (Å²) in [5, 5.41) is 26.4. The normalized spacial score (nSPS) is 10.8. The monoisotopic (exact) mass is 422 g/mol. The summed E-state index contributed by atoms with van der Waals surface area (Å²) in [6, 6.07) is 11.8. The van der Waals surface area contributed by atoms with E-state index in [1.54, 1.807) is 12.1 Å². The van der Waals surface area contributed by atoms with E-state index in [9.17, 15) is 25.0 Å². The molecule has 0 saturated carbocycles. The standard InChI is InChI=1S/C19H14N6O6/c26-19-15-11-21-23(16-6-1-2-7-17(16)25(29)30)18(15)20-12-22(19)8-9-31-14-5-3-4-13(10-14)24(27)28/h1-7,10-12H,8-9H2. The molecule has 0 saturated heterocycles. The van der Waals surface area contributed by atoms with Gasteiger partial charge in [-0.25, -0.2) is 9.67 Å². The van der Waals surface area contributed by atoms with Crippen molar-refractivity contribution in [2.75, 3.05) is 6.61 Å². The van der Waals surface area contributed by atoms with Crippen LogP contribution in [-0.2, 0) is 6.54 Å². The van der Waals surface area contributed by atoms with Crippen molar-refractivity contribution in [2.24, 2.45) is 0 Å². The summed E-state index contributed by atoms with van der Waals surface area (Å²) in [6.07, 6.45) is 2.60. The zero-order chi connectivity index (χ0) is 22.0. The van der Waals surface area contributed by atoms with E-state index >= 15 is 0 Å². The summed E-state index contributed by atoms with van der Waals surface area (Å²) in [4.78, 5) is 38.1. The lowest BCUT2D eigenvalue weighted by atomic mass is 10.2. The quantitative estimate of drug-likeness (QED) is 0.326. The number of hydrogen-bond acceptors (Lipinski definition) is 8. The number of nitrogens with zero attached hydrogens (tertiary/aromatic N) is 6. The second-order valence-corrected chi connectivity index (χ2v) is 6.39. The Morgan fingerprint density at radius 1 is 1.03 bits per heavy atom. The first-order valence-corrected chi connectivity index (χ1v) is 9.00. The van der Waals surface area contributed by atoms with Gasteiger partial charge >= 0.3 is 0 Å². The van der Waals surface area contributed by atoms with Crippen LogP contribution in [0.1, 0.15) is 0 Å². The van der Waals surface area contributed by atoms with Gasteiger partial charge in [0.05, 0.1) is 28.7 Å². The molecule has 0 atom stereocenters. The SMILES string of the molecule is O=c1c2cnn(-c3ccccc3[N+](=O)[O-])c2ncn1CCOc1cccc([N+](=O)[O-])c1. The molecule has 0 bridgehead atoms. The van der Waals surface area contributed by atoms with Crippen molar-refractivity contribution in [1.29, 1.82) is 0 Å². The van der Waals surface area contributed by atoms with Crippen LogP contribution in [-0.4, -0.2) is 35.8 Å². The number of nitro groups is 2. The molecule has 2 aromatic heterocycles. The van der Waals surface area contributed by atoms with E-state index in [-0.39, 0.29) is 41.2 Å². The van der Waals surface area contributed by atoms with Crippen molar-refractivity contribution < 1.29 is 14.6 Å². The molecule has 4 rings (SSSR count). The molecule has 0 amide bonds. The predicted molar refractivity (Wildman–Crippen MR) is 108 cm³/mol. The van der Waals surface area contributed by atoms with Gasteiger partial charge in [0.15, 0.2) is 5.65 Å². The highest BCUT2D eigenvalue weighted by Crippen LogP contribution is 2.24. The Bertz CT molecular complexity index is 1360. The van der Waals surface area contributed by atoms with Crippen LogP contribution in [0, 0.1) is 20.2 Å². The number of ether oxygens (including phenoxy) is 1. The fourth-order valence-electron chi connectivity index (χ4n) is 3.03. The molecule has 0 N–H and O–H groups in total. The van der Waals surface area contributed by atoms with Crippen molar-refractivity contribution >= 4 is 22.4 Å². The van der Waals surface area contributed by atoms with Gasteiger partial charge in [-0.2, -0.15) is 5.10 Å². The highest BCUT2D eigenvalue weighted by atomic mass is 16.6. The van der Waals surface area contributed by atoms with E-state index in [0.29, 0.717) is 5.75 Å². The number of non-ortho nitro benzene ring substituents is 1. The number of hydrogen-bond donors (Lipinski definition) is 0.